The number of fused-ring (bicyclic) bond motifs is 1. The highest BCUT2D eigenvalue weighted by Crippen LogP contribution is 2.33. The molecule has 0 radical (unpaired) electrons. The van der Waals surface area contributed by atoms with Gasteiger partial charge in [0.15, 0.2) is 18.3 Å². The summed E-state index contributed by atoms with van der Waals surface area (Å²) in [5, 5.41) is 4.35. The smallest absolute Gasteiger partial charge is 0.243 e. The third-order valence-corrected chi connectivity index (χ3v) is 7.41. The van der Waals surface area contributed by atoms with E-state index in [-0.39, 0.29) is 12.7 Å². The van der Waals surface area contributed by atoms with Gasteiger partial charge >= 0.3 is 0 Å². The average Bonchev–Trinajstić information content (AvgIpc) is 3.44. The molecule has 8 heteroatoms. The fourth-order valence-electron chi connectivity index (χ4n) is 5.15. The molecule has 0 aliphatic carbocycles. The minimum atomic E-state index is -0.0796. The van der Waals surface area contributed by atoms with Crippen molar-refractivity contribution in [3.63, 3.8) is 0 Å². The number of hydrogen-bond donors (Lipinski definition) is 2. The van der Waals surface area contributed by atoms with E-state index < -0.39 is 0 Å². The summed E-state index contributed by atoms with van der Waals surface area (Å²) >= 11 is 0. The lowest BCUT2D eigenvalue weighted by Crippen LogP contribution is -2.34. The van der Waals surface area contributed by atoms with Gasteiger partial charge in [0.05, 0.1) is 20.3 Å². The maximum atomic E-state index is 12.2. The molecule has 8 nitrogen and oxygen atoms in total. The molecule has 1 amide bonds. The number of benzene rings is 2. The highest BCUT2D eigenvalue weighted by molar-refractivity contribution is 5.87. The van der Waals surface area contributed by atoms with E-state index in [0.717, 1.165) is 38.0 Å². The number of nitrogens with one attached hydrogen (secondary N) is 2. The number of rotatable bonds is 16. The highest BCUT2D eigenvalue weighted by Gasteiger charge is 2.22. The quantitative estimate of drug-likeness (QED) is 0.104. The van der Waals surface area contributed by atoms with Crippen LogP contribution in [0.5, 0.6) is 11.5 Å². The molecule has 2 heterocycles. The van der Waals surface area contributed by atoms with Crippen LogP contribution in [-0.2, 0) is 14.3 Å². The number of piperidine rings is 1. The van der Waals surface area contributed by atoms with E-state index in [4.69, 9.17) is 18.9 Å². The number of aromatic nitrogens is 1. The Labute approximate surface area is 243 Å². The van der Waals surface area contributed by atoms with Crippen LogP contribution < -0.4 is 14.8 Å². The Morgan fingerprint density at radius 3 is 2.73 bits per heavy atom. The SMILES string of the molecule is COCCOCOc1ccc(C=CC=CC(=O)NCCCCN2CCC(c3c[nH]c4ccccc34)CC2)cc1OC. The number of amides is 1. The van der Waals surface area contributed by atoms with Crippen LogP contribution in [0.25, 0.3) is 17.0 Å². The largest absolute Gasteiger partial charge is 0.493 e. The van der Waals surface area contributed by atoms with E-state index >= 15 is 0 Å². The van der Waals surface area contributed by atoms with Crippen molar-refractivity contribution in [3.8, 4) is 11.5 Å². The number of ether oxygens (including phenoxy) is 4. The number of unbranched alkanes of at least 4 members (excludes halogenated alkanes) is 1. The summed E-state index contributed by atoms with van der Waals surface area (Å²) in [4.78, 5) is 18.2. The van der Waals surface area contributed by atoms with E-state index in [1.807, 2.05) is 30.4 Å². The Hall–Kier alpha value is -3.59. The second kappa shape index (κ2) is 16.6. The summed E-state index contributed by atoms with van der Waals surface area (Å²) in [6, 6.07) is 14.2. The molecule has 3 aromatic rings. The van der Waals surface area contributed by atoms with Gasteiger partial charge in [0.25, 0.3) is 0 Å². The first-order valence-electron chi connectivity index (χ1n) is 14.5. The number of aromatic amines is 1. The van der Waals surface area contributed by atoms with Crippen LogP contribution in [-0.4, -0.2) is 76.2 Å². The minimum Gasteiger partial charge on any atom is -0.493 e. The van der Waals surface area contributed by atoms with Crippen molar-refractivity contribution >= 4 is 22.9 Å². The van der Waals surface area contributed by atoms with E-state index in [9.17, 15) is 4.79 Å². The number of nitrogens with zero attached hydrogens (tertiary/aromatic N) is 1. The maximum absolute atomic E-state index is 12.2. The Morgan fingerprint density at radius 1 is 1.05 bits per heavy atom. The van der Waals surface area contributed by atoms with Gasteiger partial charge in [-0.05, 0) is 80.6 Å². The lowest BCUT2D eigenvalue weighted by atomic mass is 9.89. The van der Waals surface area contributed by atoms with Crippen molar-refractivity contribution in [1.29, 1.82) is 0 Å². The van der Waals surface area contributed by atoms with Gasteiger partial charge in [-0.25, -0.2) is 0 Å². The van der Waals surface area contributed by atoms with E-state index in [1.54, 1.807) is 26.4 Å². The Kier molecular flexibility index (Phi) is 12.3. The lowest BCUT2D eigenvalue weighted by Gasteiger charge is -2.32. The van der Waals surface area contributed by atoms with Crippen LogP contribution in [0.4, 0.5) is 0 Å². The van der Waals surface area contributed by atoms with Gasteiger partial charge in [0, 0.05) is 36.8 Å². The van der Waals surface area contributed by atoms with Crippen LogP contribution in [0.15, 0.2) is 66.9 Å². The van der Waals surface area contributed by atoms with Crippen molar-refractivity contribution in [2.24, 2.45) is 0 Å². The van der Waals surface area contributed by atoms with Crippen LogP contribution in [0.1, 0.15) is 42.7 Å². The topological polar surface area (TPSA) is 85.1 Å². The van der Waals surface area contributed by atoms with E-state index in [2.05, 4.69) is 45.7 Å². The summed E-state index contributed by atoms with van der Waals surface area (Å²) < 4.78 is 21.3. The first-order valence-corrected chi connectivity index (χ1v) is 14.5. The summed E-state index contributed by atoms with van der Waals surface area (Å²) in [5.74, 6) is 1.77. The molecule has 220 valence electrons. The summed E-state index contributed by atoms with van der Waals surface area (Å²) in [7, 11) is 3.22. The molecule has 1 aliphatic heterocycles. The maximum Gasteiger partial charge on any atom is 0.243 e. The molecule has 0 unspecified atom stereocenters. The third-order valence-electron chi connectivity index (χ3n) is 7.41. The molecule has 1 aromatic heterocycles. The molecule has 0 atom stereocenters. The van der Waals surface area contributed by atoms with Gasteiger partial charge in [-0.1, -0.05) is 42.5 Å². The van der Waals surface area contributed by atoms with Gasteiger partial charge in [-0.3, -0.25) is 4.79 Å². The van der Waals surface area contributed by atoms with Gasteiger partial charge in [-0.15, -0.1) is 0 Å². The number of hydrogen-bond acceptors (Lipinski definition) is 6. The number of para-hydroxylation sites is 1. The number of carbonyl (C=O) groups excluding carboxylic acids is 1. The number of carbonyl (C=O) groups is 1. The second-order valence-electron chi connectivity index (χ2n) is 10.2. The highest BCUT2D eigenvalue weighted by atomic mass is 16.7. The molecule has 1 saturated heterocycles. The van der Waals surface area contributed by atoms with Crippen LogP contribution >= 0.6 is 0 Å². The molecule has 0 bridgehead atoms. The normalized spacial score (nSPS) is 14.8. The zero-order valence-corrected chi connectivity index (χ0v) is 24.3. The standard InChI is InChI=1S/C33H43N3O5/c1-38-21-22-40-25-41-31-14-13-26(23-32(31)39-2)9-3-6-12-33(37)34-17-7-8-18-36-19-15-27(16-20-36)29-24-35-30-11-5-4-10-28(29)30/h3-6,9-14,23-24,27,35H,7-8,15-22,25H2,1-2H3,(H,34,37). The van der Waals surface area contributed by atoms with Crippen LogP contribution in [0, 0.1) is 0 Å². The van der Waals surface area contributed by atoms with Crippen LogP contribution in [0.2, 0.25) is 0 Å². The number of H-pyrrole nitrogens is 1. The Balaban J connectivity index is 1.08. The molecule has 41 heavy (non-hydrogen) atoms. The zero-order valence-electron chi connectivity index (χ0n) is 24.3. The van der Waals surface area contributed by atoms with Gasteiger partial charge < -0.3 is 34.1 Å². The minimum absolute atomic E-state index is 0.0796. The fourth-order valence-corrected chi connectivity index (χ4v) is 5.15. The summed E-state index contributed by atoms with van der Waals surface area (Å²) in [5.41, 5.74) is 3.63. The molecule has 4 rings (SSSR count). The van der Waals surface area contributed by atoms with Crippen LogP contribution in [0.3, 0.4) is 0 Å². The fraction of sp³-hybridized carbons (Fsp3) is 0.424. The third kappa shape index (κ3) is 9.49. The molecular weight excluding hydrogens is 518 g/mol. The Bertz CT molecular complexity index is 1280. The zero-order chi connectivity index (χ0) is 28.7. The van der Waals surface area contributed by atoms with Crippen molar-refractivity contribution in [2.45, 2.75) is 31.6 Å². The Morgan fingerprint density at radius 2 is 1.90 bits per heavy atom. The van der Waals surface area contributed by atoms with Crippen molar-refractivity contribution in [3.05, 3.63) is 78.0 Å². The first kappa shape index (κ1) is 30.4. The predicted molar refractivity (Wildman–Crippen MR) is 163 cm³/mol. The van der Waals surface area contributed by atoms with Gasteiger partial charge in [0.2, 0.25) is 5.91 Å². The van der Waals surface area contributed by atoms with E-state index in [0.29, 0.717) is 37.2 Å². The van der Waals surface area contributed by atoms with Gasteiger partial charge in [0.1, 0.15) is 0 Å². The molecule has 0 spiro atoms. The molecule has 0 saturated carbocycles. The molecule has 2 aromatic carbocycles. The summed E-state index contributed by atoms with van der Waals surface area (Å²) in [6.45, 7) is 5.15. The average molecular weight is 562 g/mol. The summed E-state index contributed by atoms with van der Waals surface area (Å²) in [6.07, 6.45) is 13.7. The number of allylic oxidation sites excluding steroid dienone is 2. The second-order valence-corrected chi connectivity index (χ2v) is 10.2. The van der Waals surface area contributed by atoms with Crippen molar-refractivity contribution < 1.29 is 23.7 Å². The number of likely N-dealkylation sites (tertiary alicyclic amines) is 1. The molecule has 1 aliphatic rings. The first-order chi connectivity index (χ1) is 20.2. The molecule has 2 N–H and O–H groups in total. The van der Waals surface area contributed by atoms with E-state index in [1.165, 1.54) is 29.3 Å². The predicted octanol–water partition coefficient (Wildman–Crippen LogP) is 5.52. The lowest BCUT2D eigenvalue weighted by molar-refractivity contribution is -0.116. The van der Waals surface area contributed by atoms with Crippen molar-refractivity contribution in [1.82, 2.24) is 15.2 Å². The molecule has 1 fully saturated rings. The monoisotopic (exact) mass is 561 g/mol. The van der Waals surface area contributed by atoms with Gasteiger partial charge in [-0.2, -0.15) is 0 Å². The number of methoxy groups -OCH3 is 2. The molecular formula is C33H43N3O5. The van der Waals surface area contributed by atoms with Crippen molar-refractivity contribution in [2.75, 3.05) is 60.4 Å².